The Morgan fingerprint density at radius 1 is 1.52 bits per heavy atom. The van der Waals surface area contributed by atoms with Crippen molar-refractivity contribution < 1.29 is 23.1 Å². The van der Waals surface area contributed by atoms with Gasteiger partial charge in [0.25, 0.3) is 0 Å². The Morgan fingerprint density at radius 2 is 2.29 bits per heavy atom. The Hall–Kier alpha value is -1.67. The van der Waals surface area contributed by atoms with Crippen molar-refractivity contribution in [1.29, 1.82) is 0 Å². The molecule has 0 aromatic carbocycles. The number of aliphatic carboxylic acids is 1. The van der Waals surface area contributed by atoms with Crippen molar-refractivity contribution in [2.24, 2.45) is 5.92 Å². The zero-order valence-corrected chi connectivity index (χ0v) is 12.5. The third-order valence-electron chi connectivity index (χ3n) is 3.37. The van der Waals surface area contributed by atoms with Gasteiger partial charge in [0, 0.05) is 19.2 Å². The van der Waals surface area contributed by atoms with E-state index >= 15 is 0 Å². The molecular formula is C13H18N2O5S. The summed E-state index contributed by atoms with van der Waals surface area (Å²) in [6.07, 6.45) is 2.29. The van der Waals surface area contributed by atoms with Crippen LogP contribution in [0.25, 0.3) is 0 Å². The highest BCUT2D eigenvalue weighted by Gasteiger charge is 2.33. The lowest BCUT2D eigenvalue weighted by atomic mass is 10.0. The third kappa shape index (κ3) is 3.51. The van der Waals surface area contributed by atoms with Crippen molar-refractivity contribution >= 4 is 16.0 Å². The fraction of sp³-hybridized carbons (Fsp3) is 0.538. The smallest absolute Gasteiger partial charge is 0.307 e. The number of sulfonamides is 1. The van der Waals surface area contributed by atoms with Crippen molar-refractivity contribution in [2.45, 2.75) is 24.7 Å². The molecule has 7 nitrogen and oxygen atoms in total. The Bertz CT molecular complexity index is 599. The average molecular weight is 314 g/mol. The summed E-state index contributed by atoms with van der Waals surface area (Å²) >= 11 is 0. The number of aromatic nitrogens is 1. The number of rotatable bonds is 5. The van der Waals surface area contributed by atoms with E-state index in [0.717, 1.165) is 0 Å². The van der Waals surface area contributed by atoms with Crippen molar-refractivity contribution in [3.05, 3.63) is 18.3 Å². The monoisotopic (exact) mass is 314 g/mol. The van der Waals surface area contributed by atoms with Crippen LogP contribution in [0.4, 0.5) is 0 Å². The second-order valence-electron chi connectivity index (χ2n) is 4.81. The number of ether oxygens (including phenoxy) is 1. The molecule has 1 aromatic rings. The molecule has 1 fully saturated rings. The number of nitrogens with zero attached hydrogens (tertiary/aromatic N) is 2. The minimum atomic E-state index is -3.71. The number of carbonyl (C=O) groups is 1. The van der Waals surface area contributed by atoms with Crippen LogP contribution in [0.5, 0.6) is 5.88 Å². The minimum Gasteiger partial charge on any atom is -0.481 e. The number of pyridine rings is 1. The van der Waals surface area contributed by atoms with Crippen LogP contribution in [0.2, 0.25) is 0 Å². The Morgan fingerprint density at radius 3 is 2.86 bits per heavy atom. The Balaban J connectivity index is 2.18. The molecule has 2 heterocycles. The van der Waals surface area contributed by atoms with Crippen molar-refractivity contribution in [3.8, 4) is 5.88 Å². The fourth-order valence-corrected chi connectivity index (χ4v) is 3.73. The van der Waals surface area contributed by atoms with Gasteiger partial charge in [-0.05, 0) is 25.8 Å². The molecule has 8 heteroatoms. The maximum atomic E-state index is 12.5. The molecule has 1 aromatic heterocycles. The van der Waals surface area contributed by atoms with E-state index in [2.05, 4.69) is 4.98 Å². The van der Waals surface area contributed by atoms with Crippen LogP contribution in [0.1, 0.15) is 19.8 Å². The minimum absolute atomic E-state index is 0.00484. The van der Waals surface area contributed by atoms with Crippen LogP contribution in [0.3, 0.4) is 0 Å². The normalized spacial score (nSPS) is 20.1. The van der Waals surface area contributed by atoms with E-state index in [1.807, 2.05) is 6.92 Å². The van der Waals surface area contributed by atoms with Gasteiger partial charge < -0.3 is 9.84 Å². The van der Waals surface area contributed by atoms with Gasteiger partial charge >= 0.3 is 5.97 Å². The highest BCUT2D eigenvalue weighted by Crippen LogP contribution is 2.24. The molecule has 0 amide bonds. The lowest BCUT2D eigenvalue weighted by Crippen LogP contribution is -2.42. The van der Waals surface area contributed by atoms with Crippen molar-refractivity contribution in [3.63, 3.8) is 0 Å². The summed E-state index contributed by atoms with van der Waals surface area (Å²) in [5.41, 5.74) is 0. The van der Waals surface area contributed by atoms with Crippen LogP contribution in [0, 0.1) is 5.92 Å². The second-order valence-corrected chi connectivity index (χ2v) is 6.74. The molecule has 1 aliphatic rings. The molecule has 1 unspecified atom stereocenters. The summed E-state index contributed by atoms with van der Waals surface area (Å²) in [5, 5.41) is 9.04. The standard InChI is InChI=1S/C13H18N2O5S/c1-2-20-12-6-5-11(8-14-12)21(18,19)15-7-3-4-10(9-15)13(16)17/h5-6,8,10H,2-4,7,9H2,1H3,(H,16,17). The van der Waals surface area contributed by atoms with Crippen molar-refractivity contribution in [2.75, 3.05) is 19.7 Å². The van der Waals surface area contributed by atoms with E-state index < -0.39 is 21.9 Å². The quantitative estimate of drug-likeness (QED) is 0.869. The van der Waals surface area contributed by atoms with Crippen LogP contribution >= 0.6 is 0 Å². The van der Waals surface area contributed by atoms with E-state index in [0.29, 0.717) is 31.9 Å². The molecule has 0 bridgehead atoms. The first-order valence-corrected chi connectivity index (χ1v) is 8.21. The highest BCUT2D eigenvalue weighted by atomic mass is 32.2. The molecule has 0 radical (unpaired) electrons. The van der Waals surface area contributed by atoms with Crippen LogP contribution in [-0.2, 0) is 14.8 Å². The number of hydrogen-bond donors (Lipinski definition) is 1. The maximum Gasteiger partial charge on any atom is 0.307 e. The molecule has 116 valence electrons. The van der Waals surface area contributed by atoms with Gasteiger partial charge in [-0.2, -0.15) is 4.31 Å². The molecule has 2 rings (SSSR count). The van der Waals surface area contributed by atoms with E-state index in [4.69, 9.17) is 9.84 Å². The first-order chi connectivity index (χ1) is 9.95. The molecule has 1 saturated heterocycles. The molecule has 0 saturated carbocycles. The first-order valence-electron chi connectivity index (χ1n) is 6.77. The zero-order valence-electron chi connectivity index (χ0n) is 11.7. The number of carboxylic acid groups (broad SMARTS) is 1. The topological polar surface area (TPSA) is 96.8 Å². The average Bonchev–Trinajstić information content (AvgIpc) is 2.48. The van der Waals surface area contributed by atoms with E-state index in [1.165, 1.54) is 22.6 Å². The van der Waals surface area contributed by atoms with Gasteiger partial charge in [-0.3, -0.25) is 4.79 Å². The summed E-state index contributed by atoms with van der Waals surface area (Å²) < 4.78 is 31.3. The van der Waals surface area contributed by atoms with Gasteiger partial charge in [0.15, 0.2) is 0 Å². The molecule has 0 spiro atoms. The Labute approximate surface area is 123 Å². The predicted octanol–water partition coefficient (Wildman–Crippen LogP) is 0.966. The van der Waals surface area contributed by atoms with Crippen molar-refractivity contribution in [1.82, 2.24) is 9.29 Å². The van der Waals surface area contributed by atoms with E-state index in [1.54, 1.807) is 0 Å². The molecule has 1 atom stereocenters. The fourth-order valence-electron chi connectivity index (χ4n) is 2.26. The lowest BCUT2D eigenvalue weighted by molar-refractivity contribution is -0.142. The summed E-state index contributed by atoms with van der Waals surface area (Å²) in [5.74, 6) is -1.25. The molecule has 0 aliphatic carbocycles. The van der Waals surface area contributed by atoms with Crippen LogP contribution in [-0.4, -0.2) is 48.5 Å². The predicted molar refractivity (Wildman–Crippen MR) is 74.5 cm³/mol. The summed E-state index contributed by atoms with van der Waals surface area (Å²) in [7, 11) is -3.71. The molecule has 21 heavy (non-hydrogen) atoms. The summed E-state index contributed by atoms with van der Waals surface area (Å²) in [6, 6.07) is 2.92. The number of piperidine rings is 1. The zero-order chi connectivity index (χ0) is 15.5. The highest BCUT2D eigenvalue weighted by molar-refractivity contribution is 7.89. The van der Waals surface area contributed by atoms with E-state index in [-0.39, 0.29) is 11.4 Å². The maximum absolute atomic E-state index is 12.5. The van der Waals surface area contributed by atoms with Gasteiger partial charge in [-0.15, -0.1) is 0 Å². The molecule has 1 N–H and O–H groups in total. The Kier molecular flexibility index (Phi) is 4.79. The van der Waals surface area contributed by atoms with Gasteiger partial charge in [-0.1, -0.05) is 0 Å². The van der Waals surface area contributed by atoms with Crippen LogP contribution in [0.15, 0.2) is 23.2 Å². The third-order valence-corrected chi connectivity index (χ3v) is 5.22. The largest absolute Gasteiger partial charge is 0.481 e. The SMILES string of the molecule is CCOc1ccc(S(=O)(=O)N2CCCC(C(=O)O)C2)cn1. The van der Waals surface area contributed by atoms with Gasteiger partial charge in [-0.25, -0.2) is 13.4 Å². The van der Waals surface area contributed by atoms with Gasteiger partial charge in [0.1, 0.15) is 4.90 Å². The van der Waals surface area contributed by atoms with Gasteiger partial charge in [0.05, 0.1) is 18.7 Å². The molecule has 1 aliphatic heterocycles. The van der Waals surface area contributed by atoms with Gasteiger partial charge in [0.2, 0.25) is 15.9 Å². The number of carboxylic acids is 1. The van der Waals surface area contributed by atoms with E-state index in [9.17, 15) is 13.2 Å². The lowest BCUT2D eigenvalue weighted by Gasteiger charge is -2.29. The first kappa shape index (κ1) is 15.7. The second kappa shape index (κ2) is 6.40. The summed E-state index contributed by atoms with van der Waals surface area (Å²) in [4.78, 5) is 15.0. The van der Waals surface area contributed by atoms with Crippen LogP contribution < -0.4 is 4.74 Å². The number of hydrogen-bond acceptors (Lipinski definition) is 5. The molecular weight excluding hydrogens is 296 g/mol. The summed E-state index contributed by atoms with van der Waals surface area (Å²) in [6.45, 7) is 2.60.